The van der Waals surface area contributed by atoms with Crippen LogP contribution in [0, 0.1) is 0 Å². The molecule has 6 nitrogen and oxygen atoms in total. The number of ether oxygens (including phenoxy) is 1. The third kappa shape index (κ3) is 5.07. The summed E-state index contributed by atoms with van der Waals surface area (Å²) in [5.41, 5.74) is 0. The Kier molecular flexibility index (Phi) is 6.30. The zero-order chi connectivity index (χ0) is 20.1. The van der Waals surface area contributed by atoms with Crippen molar-refractivity contribution in [1.29, 1.82) is 0 Å². The molecule has 6 heteroatoms. The monoisotopic (exact) mass is 395 g/mol. The minimum Gasteiger partial charge on any atom is -0.484 e. The Morgan fingerprint density at radius 3 is 2.31 bits per heavy atom. The van der Waals surface area contributed by atoms with Crippen LogP contribution in [0.5, 0.6) is 5.75 Å². The molecule has 0 spiro atoms. The van der Waals surface area contributed by atoms with Crippen LogP contribution in [0.15, 0.2) is 42.5 Å². The Bertz CT molecular complexity index is 863. The van der Waals surface area contributed by atoms with Crippen LogP contribution in [-0.4, -0.2) is 78.9 Å². The van der Waals surface area contributed by atoms with Crippen molar-refractivity contribution in [1.82, 2.24) is 14.7 Å². The highest BCUT2D eigenvalue weighted by atomic mass is 16.5. The molecule has 2 aromatic rings. The fourth-order valence-corrected chi connectivity index (χ4v) is 4.13. The van der Waals surface area contributed by atoms with Crippen molar-refractivity contribution in [2.24, 2.45) is 0 Å². The van der Waals surface area contributed by atoms with Crippen LogP contribution in [-0.2, 0) is 9.59 Å². The van der Waals surface area contributed by atoms with E-state index in [1.165, 1.54) is 0 Å². The summed E-state index contributed by atoms with van der Waals surface area (Å²) in [4.78, 5) is 31.0. The van der Waals surface area contributed by atoms with Crippen molar-refractivity contribution < 1.29 is 14.3 Å². The molecule has 2 amide bonds. The van der Waals surface area contributed by atoms with Crippen LogP contribution in [0.2, 0.25) is 0 Å². The highest BCUT2D eigenvalue weighted by Crippen LogP contribution is 2.20. The third-order valence-corrected chi connectivity index (χ3v) is 5.84. The predicted octanol–water partition coefficient (Wildman–Crippen LogP) is 2.38. The lowest BCUT2D eigenvalue weighted by Gasteiger charge is -2.24. The van der Waals surface area contributed by atoms with E-state index in [1.54, 1.807) is 0 Å². The first-order valence-electron chi connectivity index (χ1n) is 10.6. The largest absolute Gasteiger partial charge is 0.484 e. The maximum absolute atomic E-state index is 12.6. The van der Waals surface area contributed by atoms with Gasteiger partial charge >= 0.3 is 0 Å². The lowest BCUT2D eigenvalue weighted by molar-refractivity contribution is -0.133. The molecule has 0 aromatic heterocycles. The van der Waals surface area contributed by atoms with Gasteiger partial charge in [0.25, 0.3) is 5.91 Å². The van der Waals surface area contributed by atoms with E-state index < -0.39 is 0 Å². The van der Waals surface area contributed by atoms with E-state index in [-0.39, 0.29) is 18.4 Å². The molecular formula is C23H29N3O3. The number of hydrogen-bond acceptors (Lipinski definition) is 4. The standard InChI is InChI=1S/C23H29N3O3/c27-22(25-11-3-4-12-25)17-24-10-5-13-26(15-14-24)23(28)18-29-21-9-8-19-6-1-2-7-20(19)16-21/h1-2,6-9,16H,3-5,10-15,17-18H2. The molecule has 2 heterocycles. The van der Waals surface area contributed by atoms with Crippen molar-refractivity contribution in [3.05, 3.63) is 42.5 Å². The number of benzene rings is 2. The molecule has 0 bridgehead atoms. The zero-order valence-corrected chi connectivity index (χ0v) is 16.9. The molecule has 4 rings (SSSR count). The summed E-state index contributed by atoms with van der Waals surface area (Å²) in [5.74, 6) is 0.942. The summed E-state index contributed by atoms with van der Waals surface area (Å²) in [6.45, 7) is 5.26. The Labute approximate surface area is 172 Å². The number of amides is 2. The van der Waals surface area contributed by atoms with E-state index in [9.17, 15) is 9.59 Å². The number of likely N-dealkylation sites (tertiary alicyclic amines) is 1. The van der Waals surface area contributed by atoms with Gasteiger partial charge in [-0.25, -0.2) is 0 Å². The van der Waals surface area contributed by atoms with Gasteiger partial charge in [-0.15, -0.1) is 0 Å². The molecule has 0 N–H and O–H groups in total. The quantitative estimate of drug-likeness (QED) is 0.780. The Balaban J connectivity index is 1.26. The molecule has 0 saturated carbocycles. The van der Waals surface area contributed by atoms with Gasteiger partial charge in [-0.3, -0.25) is 14.5 Å². The highest BCUT2D eigenvalue weighted by molar-refractivity contribution is 5.84. The molecular weight excluding hydrogens is 366 g/mol. The Morgan fingerprint density at radius 1 is 0.759 bits per heavy atom. The maximum Gasteiger partial charge on any atom is 0.260 e. The van der Waals surface area contributed by atoms with Crippen molar-refractivity contribution in [3.63, 3.8) is 0 Å². The van der Waals surface area contributed by atoms with E-state index in [4.69, 9.17) is 4.74 Å². The molecule has 0 aliphatic carbocycles. The highest BCUT2D eigenvalue weighted by Gasteiger charge is 2.24. The zero-order valence-electron chi connectivity index (χ0n) is 16.9. The van der Waals surface area contributed by atoms with Gasteiger partial charge in [0, 0.05) is 39.3 Å². The molecule has 2 aliphatic heterocycles. The molecule has 29 heavy (non-hydrogen) atoms. The van der Waals surface area contributed by atoms with Gasteiger partial charge in [0.1, 0.15) is 5.75 Å². The van der Waals surface area contributed by atoms with Gasteiger partial charge in [-0.1, -0.05) is 30.3 Å². The first-order valence-corrected chi connectivity index (χ1v) is 10.6. The molecule has 154 valence electrons. The van der Waals surface area contributed by atoms with Gasteiger partial charge in [0.15, 0.2) is 6.61 Å². The summed E-state index contributed by atoms with van der Waals surface area (Å²) in [6.07, 6.45) is 3.12. The van der Waals surface area contributed by atoms with E-state index >= 15 is 0 Å². The first-order chi connectivity index (χ1) is 14.2. The van der Waals surface area contributed by atoms with Gasteiger partial charge in [0.05, 0.1) is 6.54 Å². The second-order valence-electron chi connectivity index (χ2n) is 7.90. The summed E-state index contributed by atoms with van der Waals surface area (Å²) < 4.78 is 5.76. The second kappa shape index (κ2) is 9.27. The topological polar surface area (TPSA) is 53.1 Å². The fourth-order valence-electron chi connectivity index (χ4n) is 4.13. The fraction of sp³-hybridized carbons (Fsp3) is 0.478. The van der Waals surface area contributed by atoms with Crippen LogP contribution in [0.4, 0.5) is 0 Å². The summed E-state index contributed by atoms with van der Waals surface area (Å²) in [6, 6.07) is 14.0. The molecule has 0 unspecified atom stereocenters. The second-order valence-corrected chi connectivity index (χ2v) is 7.90. The first kappa shape index (κ1) is 19.7. The summed E-state index contributed by atoms with van der Waals surface area (Å²) in [5, 5.41) is 2.26. The normalized spacial score (nSPS) is 18.1. The predicted molar refractivity (Wildman–Crippen MR) is 113 cm³/mol. The SMILES string of the molecule is O=C(COc1ccc2ccccc2c1)N1CCCN(CC(=O)N2CCCC2)CC1. The van der Waals surface area contributed by atoms with Crippen molar-refractivity contribution >= 4 is 22.6 Å². The van der Waals surface area contributed by atoms with Crippen LogP contribution >= 0.6 is 0 Å². The average molecular weight is 396 g/mol. The van der Waals surface area contributed by atoms with Crippen molar-refractivity contribution in [2.45, 2.75) is 19.3 Å². The van der Waals surface area contributed by atoms with E-state index in [0.29, 0.717) is 25.4 Å². The van der Waals surface area contributed by atoms with Crippen LogP contribution < -0.4 is 4.74 Å². The van der Waals surface area contributed by atoms with E-state index in [0.717, 1.165) is 56.2 Å². The molecule has 0 radical (unpaired) electrons. The summed E-state index contributed by atoms with van der Waals surface area (Å²) in [7, 11) is 0. The maximum atomic E-state index is 12.6. The Hall–Kier alpha value is -2.60. The van der Waals surface area contributed by atoms with E-state index in [2.05, 4.69) is 11.0 Å². The van der Waals surface area contributed by atoms with Gasteiger partial charge in [-0.05, 0) is 42.2 Å². The number of hydrogen-bond donors (Lipinski definition) is 0. The van der Waals surface area contributed by atoms with Gasteiger partial charge in [0.2, 0.25) is 5.91 Å². The molecule has 0 atom stereocenters. The lowest BCUT2D eigenvalue weighted by atomic mass is 10.1. The minimum atomic E-state index is 0.00544. The molecule has 2 aliphatic rings. The van der Waals surface area contributed by atoms with Gasteiger partial charge in [-0.2, -0.15) is 0 Å². The number of rotatable bonds is 5. The lowest BCUT2D eigenvalue weighted by Crippen LogP contribution is -2.41. The van der Waals surface area contributed by atoms with Crippen LogP contribution in [0.3, 0.4) is 0 Å². The number of fused-ring (bicyclic) bond motifs is 1. The van der Waals surface area contributed by atoms with E-state index in [1.807, 2.05) is 46.2 Å². The average Bonchev–Trinajstić information content (AvgIpc) is 3.19. The van der Waals surface area contributed by atoms with Crippen LogP contribution in [0.25, 0.3) is 10.8 Å². The van der Waals surface area contributed by atoms with Gasteiger partial charge < -0.3 is 14.5 Å². The minimum absolute atomic E-state index is 0.00544. The van der Waals surface area contributed by atoms with Crippen molar-refractivity contribution in [2.75, 3.05) is 52.4 Å². The number of nitrogens with zero attached hydrogens (tertiary/aromatic N) is 3. The third-order valence-electron chi connectivity index (χ3n) is 5.84. The Morgan fingerprint density at radius 2 is 1.48 bits per heavy atom. The summed E-state index contributed by atoms with van der Waals surface area (Å²) >= 11 is 0. The number of carbonyl (C=O) groups excluding carboxylic acids is 2. The molecule has 2 aromatic carbocycles. The molecule has 2 fully saturated rings. The van der Waals surface area contributed by atoms with Crippen LogP contribution in [0.1, 0.15) is 19.3 Å². The molecule has 2 saturated heterocycles. The number of carbonyl (C=O) groups is 2. The smallest absolute Gasteiger partial charge is 0.260 e. The van der Waals surface area contributed by atoms with Crippen molar-refractivity contribution in [3.8, 4) is 5.75 Å².